The first-order valence-electron chi connectivity index (χ1n) is 11.1. The van der Waals surface area contributed by atoms with Crippen LogP contribution in [0.4, 0.5) is 0 Å². The van der Waals surface area contributed by atoms with Crippen LogP contribution in [0.2, 0.25) is 0 Å². The Balaban J connectivity index is 1.67. The van der Waals surface area contributed by atoms with Gasteiger partial charge >= 0.3 is 19.5 Å². The molecule has 2 aliphatic rings. The van der Waals surface area contributed by atoms with Gasteiger partial charge in [0, 0.05) is 17.7 Å². The van der Waals surface area contributed by atoms with Gasteiger partial charge in [-0.3, -0.25) is 32.7 Å². The van der Waals surface area contributed by atoms with E-state index in [0.717, 1.165) is 0 Å². The first-order valence-corrected chi connectivity index (χ1v) is 12.5. The number of nitrogens with zero attached hydrogens (tertiary/aromatic N) is 1. The molecule has 33 heavy (non-hydrogen) atoms. The molecule has 0 saturated carbocycles. The van der Waals surface area contributed by atoms with Crippen LogP contribution in [-0.4, -0.2) is 47.0 Å². The van der Waals surface area contributed by atoms with Crippen molar-refractivity contribution in [1.82, 2.24) is 9.55 Å². The number of hydrogen-bond donors (Lipinski definition) is 1. The molecule has 0 spiro atoms. The summed E-state index contributed by atoms with van der Waals surface area (Å²) in [6, 6.07) is 1.23. The highest BCUT2D eigenvalue weighted by molar-refractivity contribution is 7.48. The Kier molecular flexibility index (Phi) is 7.70. The molecule has 2 saturated heterocycles. The van der Waals surface area contributed by atoms with Crippen LogP contribution in [0.3, 0.4) is 0 Å². The van der Waals surface area contributed by atoms with Gasteiger partial charge < -0.3 is 9.47 Å². The summed E-state index contributed by atoms with van der Waals surface area (Å²) in [6.07, 6.45) is -0.629. The molecular weight excluding hydrogens is 455 g/mol. The molecule has 0 aliphatic carbocycles. The van der Waals surface area contributed by atoms with Gasteiger partial charge in [-0.15, -0.1) is 0 Å². The zero-order chi connectivity index (χ0) is 24.6. The van der Waals surface area contributed by atoms with Gasteiger partial charge in [0.25, 0.3) is 5.56 Å². The van der Waals surface area contributed by atoms with Gasteiger partial charge in [-0.2, -0.15) is 0 Å². The number of phosphoric acid groups is 1. The molecule has 186 valence electrons. The highest BCUT2D eigenvalue weighted by Gasteiger charge is 2.58. The summed E-state index contributed by atoms with van der Waals surface area (Å²) in [4.78, 5) is 38.2. The van der Waals surface area contributed by atoms with Crippen LogP contribution in [0.1, 0.15) is 54.2 Å². The van der Waals surface area contributed by atoms with E-state index >= 15 is 0 Å². The van der Waals surface area contributed by atoms with E-state index in [1.807, 2.05) is 27.7 Å². The molecule has 1 aromatic heterocycles. The second-order valence-corrected chi connectivity index (χ2v) is 11.2. The topological polar surface area (TPSA) is 135 Å². The van der Waals surface area contributed by atoms with Crippen LogP contribution in [0, 0.1) is 17.3 Å². The number of phosphoric ester groups is 1. The fraction of sp³-hybridized carbons (Fsp3) is 0.762. The first-order chi connectivity index (χ1) is 15.3. The number of esters is 1. The van der Waals surface area contributed by atoms with E-state index in [-0.39, 0.29) is 31.2 Å². The molecule has 0 amide bonds. The molecular formula is C21H33N2O9P. The zero-order valence-corrected chi connectivity index (χ0v) is 20.7. The second-order valence-electron chi connectivity index (χ2n) is 9.59. The SMILES string of the molecule is CC(C)OC(=O)C(CCO[P@@]1(=O)OC[C@H]2O[C@@H](n3ccc(=O)[nH]c3=O)C(C)(C)[C@@H]2O1)C(C)C. The van der Waals surface area contributed by atoms with Crippen molar-refractivity contribution in [3.05, 3.63) is 33.1 Å². The summed E-state index contributed by atoms with van der Waals surface area (Å²) in [5.74, 6) is -0.733. The Hall–Kier alpha value is -1.78. The van der Waals surface area contributed by atoms with Crippen molar-refractivity contribution in [2.75, 3.05) is 13.2 Å². The van der Waals surface area contributed by atoms with Crippen molar-refractivity contribution in [2.24, 2.45) is 17.3 Å². The van der Waals surface area contributed by atoms with Crippen LogP contribution >= 0.6 is 7.82 Å². The average molecular weight is 488 g/mol. The molecule has 0 radical (unpaired) electrons. The maximum absolute atomic E-state index is 13.2. The number of fused-ring (bicyclic) bond motifs is 1. The number of ether oxygens (including phenoxy) is 2. The largest absolute Gasteiger partial charge is 0.475 e. The summed E-state index contributed by atoms with van der Waals surface area (Å²) in [5, 5.41) is 0. The lowest BCUT2D eigenvalue weighted by molar-refractivity contribution is -0.154. The molecule has 2 aliphatic heterocycles. The van der Waals surface area contributed by atoms with Gasteiger partial charge in [0.2, 0.25) is 0 Å². The number of aromatic amines is 1. The maximum Gasteiger partial charge on any atom is 0.475 e. The van der Waals surface area contributed by atoms with E-state index in [1.54, 1.807) is 13.8 Å². The lowest BCUT2D eigenvalue weighted by atomic mass is 9.84. The molecule has 11 nitrogen and oxygen atoms in total. The summed E-state index contributed by atoms with van der Waals surface area (Å²) in [7, 11) is -3.92. The van der Waals surface area contributed by atoms with Gasteiger partial charge in [-0.05, 0) is 26.2 Å². The van der Waals surface area contributed by atoms with E-state index in [4.69, 9.17) is 23.0 Å². The van der Waals surface area contributed by atoms with Crippen molar-refractivity contribution >= 4 is 13.8 Å². The van der Waals surface area contributed by atoms with Gasteiger partial charge in [0.05, 0.1) is 25.2 Å². The fourth-order valence-corrected chi connectivity index (χ4v) is 5.68. The Labute approximate surface area is 192 Å². The summed E-state index contributed by atoms with van der Waals surface area (Å²) >= 11 is 0. The summed E-state index contributed by atoms with van der Waals surface area (Å²) in [6.45, 7) is 10.9. The van der Waals surface area contributed by atoms with Crippen molar-refractivity contribution in [3.8, 4) is 0 Å². The predicted octanol–water partition coefficient (Wildman–Crippen LogP) is 2.61. The van der Waals surface area contributed by atoms with E-state index in [0.29, 0.717) is 6.42 Å². The maximum atomic E-state index is 13.2. The quantitative estimate of drug-likeness (QED) is 0.433. The van der Waals surface area contributed by atoms with Gasteiger partial charge in [0.15, 0.2) is 0 Å². The number of aromatic nitrogens is 2. The van der Waals surface area contributed by atoms with E-state index in [9.17, 15) is 18.9 Å². The Morgan fingerprint density at radius 3 is 2.61 bits per heavy atom. The van der Waals surface area contributed by atoms with Gasteiger partial charge in [0.1, 0.15) is 18.4 Å². The monoisotopic (exact) mass is 488 g/mol. The number of rotatable bonds is 8. The van der Waals surface area contributed by atoms with Crippen LogP contribution in [0.15, 0.2) is 21.9 Å². The number of carbonyl (C=O) groups is 1. The molecule has 2 fully saturated rings. The lowest BCUT2D eigenvalue weighted by Crippen LogP contribution is -2.42. The molecule has 12 heteroatoms. The molecule has 1 aromatic rings. The predicted molar refractivity (Wildman–Crippen MR) is 118 cm³/mol. The Morgan fingerprint density at radius 1 is 1.30 bits per heavy atom. The zero-order valence-electron chi connectivity index (χ0n) is 19.8. The number of carbonyl (C=O) groups excluding carboxylic acids is 1. The molecule has 1 unspecified atom stereocenters. The smallest absolute Gasteiger partial charge is 0.463 e. The highest BCUT2D eigenvalue weighted by atomic mass is 31.2. The van der Waals surface area contributed by atoms with Crippen LogP contribution in [0.25, 0.3) is 0 Å². The summed E-state index contributed by atoms with van der Waals surface area (Å²) in [5.41, 5.74) is -1.93. The standard InChI is InChI=1S/C21H33N2O9P/c1-12(2)14(18(25)30-13(3)4)8-10-28-33(27)29-11-15-17(32-33)21(5,6)19(31-15)23-9-7-16(24)22-20(23)26/h7,9,12-15,17,19H,8,10-11H2,1-6H3,(H,22,24,26)/t14?,15-,17-,19-,33+/m1/s1. The number of nitrogens with one attached hydrogen (secondary N) is 1. The van der Waals surface area contributed by atoms with Gasteiger partial charge in [-0.1, -0.05) is 27.7 Å². The van der Waals surface area contributed by atoms with Crippen molar-refractivity contribution < 1.29 is 32.4 Å². The molecule has 3 heterocycles. The van der Waals surface area contributed by atoms with Crippen LogP contribution < -0.4 is 11.2 Å². The Morgan fingerprint density at radius 2 is 2.00 bits per heavy atom. The van der Waals surface area contributed by atoms with Crippen molar-refractivity contribution in [2.45, 2.75) is 72.5 Å². The van der Waals surface area contributed by atoms with Crippen LogP contribution in [0.5, 0.6) is 0 Å². The van der Waals surface area contributed by atoms with Gasteiger partial charge in [-0.25, -0.2) is 9.36 Å². The third-order valence-corrected chi connectivity index (χ3v) is 7.34. The average Bonchev–Trinajstić information content (AvgIpc) is 2.94. The third kappa shape index (κ3) is 5.66. The normalized spacial score (nSPS) is 29.8. The minimum atomic E-state index is -3.92. The first kappa shape index (κ1) is 25.8. The third-order valence-electron chi connectivity index (χ3n) is 5.89. The summed E-state index contributed by atoms with van der Waals surface area (Å²) < 4.78 is 42.4. The molecule has 1 N–H and O–H groups in total. The Bertz CT molecular complexity index is 1020. The molecule has 3 rings (SSSR count). The number of H-pyrrole nitrogens is 1. The molecule has 5 atom stereocenters. The minimum Gasteiger partial charge on any atom is -0.463 e. The minimum absolute atomic E-state index is 0.0110. The lowest BCUT2D eigenvalue weighted by Gasteiger charge is -2.36. The van der Waals surface area contributed by atoms with Crippen LogP contribution in [-0.2, 0) is 32.4 Å². The fourth-order valence-electron chi connectivity index (χ4n) is 4.13. The molecule has 0 bridgehead atoms. The number of hydrogen-bond acceptors (Lipinski definition) is 9. The van der Waals surface area contributed by atoms with E-state index < -0.39 is 48.8 Å². The van der Waals surface area contributed by atoms with E-state index in [1.165, 1.54) is 16.8 Å². The van der Waals surface area contributed by atoms with Crippen molar-refractivity contribution in [3.63, 3.8) is 0 Å². The molecule has 0 aromatic carbocycles. The van der Waals surface area contributed by atoms with Crippen molar-refractivity contribution in [1.29, 1.82) is 0 Å². The van der Waals surface area contributed by atoms with E-state index in [2.05, 4.69) is 4.98 Å². The second kappa shape index (κ2) is 9.84. The highest BCUT2D eigenvalue weighted by Crippen LogP contribution is 2.60.